The molecular formula is C23H17BrN2O2. The number of carbonyl (C=O) groups is 1. The molecule has 0 atom stereocenters. The third kappa shape index (κ3) is 3.49. The number of hydrazone groups is 1. The van der Waals surface area contributed by atoms with E-state index in [0.717, 1.165) is 27.0 Å². The zero-order valence-corrected chi connectivity index (χ0v) is 16.8. The van der Waals surface area contributed by atoms with Crippen LogP contribution < -0.4 is 9.75 Å². The van der Waals surface area contributed by atoms with Crippen molar-refractivity contribution < 1.29 is 9.53 Å². The van der Waals surface area contributed by atoms with Gasteiger partial charge in [-0.2, -0.15) is 10.1 Å². The fourth-order valence-corrected chi connectivity index (χ4v) is 3.60. The summed E-state index contributed by atoms with van der Waals surface area (Å²) in [6.07, 6.45) is 1.86. The lowest BCUT2D eigenvalue weighted by atomic mass is 10.0. The highest BCUT2D eigenvalue weighted by molar-refractivity contribution is 9.10. The molecule has 1 aliphatic heterocycles. The number of carbonyl (C=O) groups excluding carboxylic acids is 1. The smallest absolute Gasteiger partial charge is 0.281 e. The molecule has 1 heterocycles. The van der Waals surface area contributed by atoms with Gasteiger partial charge in [-0.1, -0.05) is 54.6 Å². The van der Waals surface area contributed by atoms with Gasteiger partial charge in [-0.15, -0.1) is 0 Å². The summed E-state index contributed by atoms with van der Waals surface area (Å²) >= 11 is 3.50. The van der Waals surface area contributed by atoms with Crippen LogP contribution in [0, 0.1) is 0 Å². The van der Waals surface area contributed by atoms with Gasteiger partial charge < -0.3 is 4.74 Å². The highest BCUT2D eigenvalue weighted by Gasteiger charge is 2.31. The zero-order chi connectivity index (χ0) is 19.5. The Labute approximate surface area is 171 Å². The number of hydrogen-bond acceptors (Lipinski definition) is 3. The molecule has 3 aromatic carbocycles. The van der Waals surface area contributed by atoms with Crippen molar-refractivity contribution in [3.8, 4) is 5.75 Å². The molecule has 0 saturated carbocycles. The Hall–Kier alpha value is -3.18. The number of rotatable bonds is 4. The molecule has 0 saturated heterocycles. The van der Waals surface area contributed by atoms with Crippen molar-refractivity contribution in [2.45, 2.75) is 0 Å². The molecule has 4 nitrogen and oxygen atoms in total. The van der Waals surface area contributed by atoms with Crippen LogP contribution in [0.25, 0.3) is 6.08 Å². The second-order valence-corrected chi connectivity index (χ2v) is 7.07. The molecule has 0 fully saturated rings. The molecule has 138 valence electrons. The molecule has 0 unspecified atom stereocenters. The van der Waals surface area contributed by atoms with E-state index in [1.807, 2.05) is 84.9 Å². The first-order chi connectivity index (χ1) is 13.7. The molecule has 0 radical (unpaired) electrons. The van der Waals surface area contributed by atoms with Crippen LogP contribution in [0.3, 0.4) is 0 Å². The minimum absolute atomic E-state index is 0.156. The van der Waals surface area contributed by atoms with Crippen molar-refractivity contribution >= 4 is 39.3 Å². The minimum Gasteiger partial charge on any atom is -0.496 e. The highest BCUT2D eigenvalue weighted by atomic mass is 79.9. The van der Waals surface area contributed by atoms with Crippen LogP contribution in [0.4, 0.5) is 5.69 Å². The number of anilines is 1. The third-order valence-corrected chi connectivity index (χ3v) is 5.03. The van der Waals surface area contributed by atoms with E-state index in [2.05, 4.69) is 21.0 Å². The lowest BCUT2D eigenvalue weighted by Crippen LogP contribution is -2.21. The van der Waals surface area contributed by atoms with Crippen molar-refractivity contribution in [3.05, 3.63) is 100 Å². The molecule has 0 aliphatic carbocycles. The highest BCUT2D eigenvalue weighted by Crippen LogP contribution is 2.30. The van der Waals surface area contributed by atoms with E-state index in [-0.39, 0.29) is 5.91 Å². The van der Waals surface area contributed by atoms with Crippen LogP contribution >= 0.6 is 15.9 Å². The van der Waals surface area contributed by atoms with Gasteiger partial charge >= 0.3 is 0 Å². The maximum absolute atomic E-state index is 13.2. The second kappa shape index (κ2) is 7.82. The van der Waals surface area contributed by atoms with Gasteiger partial charge in [0.25, 0.3) is 5.91 Å². The number of para-hydroxylation sites is 1. The summed E-state index contributed by atoms with van der Waals surface area (Å²) in [5.41, 5.74) is 3.72. The van der Waals surface area contributed by atoms with Gasteiger partial charge in [0.2, 0.25) is 0 Å². The fourth-order valence-electron chi connectivity index (χ4n) is 3.04. The summed E-state index contributed by atoms with van der Waals surface area (Å²) in [6.45, 7) is 0. The SMILES string of the molecule is COc1ccc(/C=C2\C(=O)N(c3ccccc3)N=C2c2ccccc2)cc1Br. The van der Waals surface area contributed by atoms with E-state index in [1.165, 1.54) is 5.01 Å². The van der Waals surface area contributed by atoms with Crippen molar-refractivity contribution in [1.82, 2.24) is 0 Å². The number of amides is 1. The molecule has 5 heteroatoms. The predicted molar refractivity (Wildman–Crippen MR) is 116 cm³/mol. The van der Waals surface area contributed by atoms with Crippen molar-refractivity contribution in [1.29, 1.82) is 0 Å². The first-order valence-corrected chi connectivity index (χ1v) is 9.56. The summed E-state index contributed by atoms with van der Waals surface area (Å²) < 4.78 is 6.12. The van der Waals surface area contributed by atoms with Gasteiger partial charge in [-0.05, 0) is 51.8 Å². The molecule has 4 rings (SSSR count). The molecule has 1 aliphatic rings. The molecule has 1 amide bonds. The molecular weight excluding hydrogens is 416 g/mol. The average Bonchev–Trinajstić information content (AvgIpc) is 3.06. The van der Waals surface area contributed by atoms with Crippen LogP contribution in [-0.2, 0) is 4.79 Å². The first-order valence-electron chi connectivity index (χ1n) is 8.76. The number of ether oxygens (including phenoxy) is 1. The van der Waals surface area contributed by atoms with E-state index >= 15 is 0 Å². The van der Waals surface area contributed by atoms with Gasteiger partial charge in [0.1, 0.15) is 11.5 Å². The fraction of sp³-hybridized carbons (Fsp3) is 0.0435. The van der Waals surface area contributed by atoms with E-state index in [4.69, 9.17) is 4.74 Å². The molecule has 3 aromatic rings. The zero-order valence-electron chi connectivity index (χ0n) is 15.2. The maximum Gasteiger partial charge on any atom is 0.281 e. The van der Waals surface area contributed by atoms with Crippen molar-refractivity contribution in [3.63, 3.8) is 0 Å². The molecule has 0 spiro atoms. The summed E-state index contributed by atoms with van der Waals surface area (Å²) in [5, 5.41) is 6.09. The number of methoxy groups -OCH3 is 1. The van der Waals surface area contributed by atoms with E-state index < -0.39 is 0 Å². The van der Waals surface area contributed by atoms with E-state index in [9.17, 15) is 4.79 Å². The number of halogens is 1. The number of nitrogens with zero attached hydrogens (tertiary/aromatic N) is 2. The monoisotopic (exact) mass is 432 g/mol. The first kappa shape index (κ1) is 18.2. The minimum atomic E-state index is -0.156. The Kier molecular flexibility index (Phi) is 5.08. The maximum atomic E-state index is 13.2. The Morgan fingerprint density at radius 2 is 1.64 bits per heavy atom. The normalized spacial score (nSPS) is 15.1. The third-order valence-electron chi connectivity index (χ3n) is 4.41. The average molecular weight is 433 g/mol. The Bertz CT molecular complexity index is 1080. The van der Waals surface area contributed by atoms with Gasteiger partial charge in [-0.3, -0.25) is 4.79 Å². The van der Waals surface area contributed by atoms with Gasteiger partial charge in [-0.25, -0.2) is 0 Å². The Morgan fingerprint density at radius 3 is 2.29 bits per heavy atom. The van der Waals surface area contributed by atoms with Crippen LogP contribution in [0.15, 0.2) is 94.0 Å². The van der Waals surface area contributed by atoms with Gasteiger partial charge in [0, 0.05) is 5.56 Å². The summed E-state index contributed by atoms with van der Waals surface area (Å²) in [5.74, 6) is 0.583. The largest absolute Gasteiger partial charge is 0.496 e. The van der Waals surface area contributed by atoms with Crippen LogP contribution in [0.5, 0.6) is 5.75 Å². The van der Waals surface area contributed by atoms with Gasteiger partial charge in [0.15, 0.2) is 0 Å². The number of benzene rings is 3. The Morgan fingerprint density at radius 1 is 0.964 bits per heavy atom. The Balaban J connectivity index is 1.81. The standard InChI is InChI=1S/C23H17BrN2O2/c1-28-21-13-12-16(15-20(21)24)14-19-22(17-8-4-2-5-9-17)25-26(23(19)27)18-10-6-3-7-11-18/h2-15H,1H3/b19-14-. The lowest BCUT2D eigenvalue weighted by molar-refractivity contribution is -0.114. The topological polar surface area (TPSA) is 41.9 Å². The van der Waals surface area contributed by atoms with E-state index in [1.54, 1.807) is 7.11 Å². The summed E-state index contributed by atoms with van der Waals surface area (Å²) in [7, 11) is 1.62. The molecule has 0 bridgehead atoms. The van der Waals surface area contributed by atoms with Gasteiger partial charge in [0.05, 0.1) is 22.8 Å². The summed E-state index contributed by atoms with van der Waals surface area (Å²) in [6, 6.07) is 24.9. The molecule has 28 heavy (non-hydrogen) atoms. The quantitative estimate of drug-likeness (QED) is 0.525. The molecule has 0 N–H and O–H groups in total. The van der Waals surface area contributed by atoms with Crippen LogP contribution in [0.1, 0.15) is 11.1 Å². The predicted octanol–water partition coefficient (Wildman–Crippen LogP) is 5.29. The molecule has 0 aromatic heterocycles. The van der Waals surface area contributed by atoms with Crippen molar-refractivity contribution in [2.75, 3.05) is 12.1 Å². The van der Waals surface area contributed by atoms with Crippen LogP contribution in [0.2, 0.25) is 0 Å². The van der Waals surface area contributed by atoms with Crippen molar-refractivity contribution in [2.24, 2.45) is 5.10 Å². The van der Waals surface area contributed by atoms with Crippen LogP contribution in [-0.4, -0.2) is 18.7 Å². The number of hydrogen-bond donors (Lipinski definition) is 0. The summed E-state index contributed by atoms with van der Waals surface area (Å²) in [4.78, 5) is 13.2. The van der Waals surface area contributed by atoms with E-state index in [0.29, 0.717) is 11.3 Å². The second-order valence-electron chi connectivity index (χ2n) is 6.22. The lowest BCUT2D eigenvalue weighted by Gasteiger charge is -2.11.